The minimum atomic E-state index is 0.0692. The molecule has 0 bridgehead atoms. The van der Waals surface area contributed by atoms with Gasteiger partial charge in [-0.1, -0.05) is 6.92 Å². The molecule has 0 spiro atoms. The number of hydrogen-bond donors (Lipinski definition) is 2. The van der Waals surface area contributed by atoms with Gasteiger partial charge < -0.3 is 15.4 Å². The molecule has 4 heteroatoms. The molecule has 0 fully saturated rings. The Morgan fingerprint density at radius 3 is 2.69 bits per heavy atom. The van der Waals surface area contributed by atoms with E-state index in [1.807, 2.05) is 0 Å². The summed E-state index contributed by atoms with van der Waals surface area (Å²) in [5.41, 5.74) is 0. The zero-order valence-electron chi connectivity index (χ0n) is 8.72. The summed E-state index contributed by atoms with van der Waals surface area (Å²) in [5, 5.41) is 5.83. The lowest BCUT2D eigenvalue weighted by Crippen LogP contribution is -2.35. The first-order chi connectivity index (χ1) is 6.24. The Morgan fingerprint density at radius 2 is 2.23 bits per heavy atom. The highest BCUT2D eigenvalue weighted by molar-refractivity contribution is 5.75. The van der Waals surface area contributed by atoms with Crippen molar-refractivity contribution < 1.29 is 9.53 Å². The van der Waals surface area contributed by atoms with Gasteiger partial charge in [-0.25, -0.2) is 0 Å². The molecule has 0 aliphatic rings. The lowest BCUT2D eigenvalue weighted by molar-refractivity contribution is -0.120. The predicted molar refractivity (Wildman–Crippen MR) is 52.6 cm³/mol. The van der Waals surface area contributed by atoms with Gasteiger partial charge in [0.15, 0.2) is 0 Å². The van der Waals surface area contributed by atoms with Gasteiger partial charge in [-0.3, -0.25) is 4.79 Å². The summed E-state index contributed by atoms with van der Waals surface area (Å²) < 4.78 is 5.02. The molecule has 1 atom stereocenters. The van der Waals surface area contributed by atoms with Crippen molar-refractivity contribution in [1.29, 1.82) is 0 Å². The zero-order valence-corrected chi connectivity index (χ0v) is 8.72. The predicted octanol–water partition coefficient (Wildman–Crippen LogP) is 0.137. The summed E-state index contributed by atoms with van der Waals surface area (Å²) in [7, 11) is 3.33. The Morgan fingerprint density at radius 1 is 1.54 bits per heavy atom. The van der Waals surface area contributed by atoms with Crippen LogP contribution in [0.5, 0.6) is 0 Å². The van der Waals surface area contributed by atoms with Crippen LogP contribution < -0.4 is 10.6 Å². The van der Waals surface area contributed by atoms with E-state index < -0.39 is 0 Å². The van der Waals surface area contributed by atoms with Crippen LogP contribution in [0.3, 0.4) is 0 Å². The maximum absolute atomic E-state index is 10.9. The van der Waals surface area contributed by atoms with Gasteiger partial charge in [-0.05, 0) is 6.42 Å². The molecule has 0 heterocycles. The Bertz CT molecular complexity index is 140. The summed E-state index contributed by atoms with van der Waals surface area (Å²) in [5.74, 6) is 0.0692. The molecule has 1 amide bonds. The summed E-state index contributed by atoms with van der Waals surface area (Å²) in [6.45, 7) is 3.50. The second kappa shape index (κ2) is 8.01. The SMILES string of the molecule is CCC(COC)NCCC(=O)NC. The van der Waals surface area contributed by atoms with E-state index in [4.69, 9.17) is 4.74 Å². The first-order valence-corrected chi connectivity index (χ1v) is 4.67. The van der Waals surface area contributed by atoms with Crippen LogP contribution in [0, 0.1) is 0 Å². The minimum Gasteiger partial charge on any atom is -0.383 e. The van der Waals surface area contributed by atoms with Crippen LogP contribution in [0.2, 0.25) is 0 Å². The standard InChI is InChI=1S/C9H20N2O2/c1-4-8(7-13-3)11-6-5-9(12)10-2/h8,11H,4-7H2,1-3H3,(H,10,12). The zero-order chi connectivity index (χ0) is 10.1. The van der Waals surface area contributed by atoms with Gasteiger partial charge >= 0.3 is 0 Å². The Labute approximate surface area is 80.0 Å². The Hall–Kier alpha value is -0.610. The van der Waals surface area contributed by atoms with E-state index in [-0.39, 0.29) is 5.91 Å². The number of carbonyl (C=O) groups is 1. The molecule has 1 unspecified atom stereocenters. The van der Waals surface area contributed by atoms with E-state index in [1.165, 1.54) is 0 Å². The lowest BCUT2D eigenvalue weighted by Gasteiger charge is -2.15. The molecule has 0 rings (SSSR count). The van der Waals surface area contributed by atoms with Gasteiger partial charge in [0.1, 0.15) is 0 Å². The first-order valence-electron chi connectivity index (χ1n) is 4.67. The molecule has 78 valence electrons. The highest BCUT2D eigenvalue weighted by Gasteiger charge is 2.04. The van der Waals surface area contributed by atoms with E-state index in [2.05, 4.69) is 17.6 Å². The van der Waals surface area contributed by atoms with E-state index in [0.29, 0.717) is 25.6 Å². The van der Waals surface area contributed by atoms with Crippen molar-refractivity contribution in [3.05, 3.63) is 0 Å². The smallest absolute Gasteiger partial charge is 0.221 e. The number of amides is 1. The summed E-state index contributed by atoms with van der Waals surface area (Å²) >= 11 is 0. The molecular formula is C9H20N2O2. The van der Waals surface area contributed by atoms with Crippen LogP contribution >= 0.6 is 0 Å². The molecule has 0 saturated carbocycles. The molecule has 0 aromatic rings. The number of hydrogen-bond acceptors (Lipinski definition) is 3. The molecule has 0 aliphatic heterocycles. The average Bonchev–Trinajstić information content (AvgIpc) is 2.16. The number of ether oxygens (including phenoxy) is 1. The second-order valence-corrected chi connectivity index (χ2v) is 2.94. The molecule has 0 aromatic carbocycles. The van der Waals surface area contributed by atoms with Crippen LogP contribution in [-0.2, 0) is 9.53 Å². The molecule has 13 heavy (non-hydrogen) atoms. The normalized spacial score (nSPS) is 12.5. The fourth-order valence-corrected chi connectivity index (χ4v) is 1.04. The highest BCUT2D eigenvalue weighted by Crippen LogP contribution is 1.91. The van der Waals surface area contributed by atoms with Crippen molar-refractivity contribution in [2.24, 2.45) is 0 Å². The monoisotopic (exact) mass is 188 g/mol. The second-order valence-electron chi connectivity index (χ2n) is 2.94. The van der Waals surface area contributed by atoms with Crippen LogP contribution in [0.4, 0.5) is 0 Å². The molecule has 4 nitrogen and oxygen atoms in total. The number of nitrogens with one attached hydrogen (secondary N) is 2. The molecular weight excluding hydrogens is 168 g/mol. The van der Waals surface area contributed by atoms with Gasteiger partial charge in [0.05, 0.1) is 6.61 Å². The van der Waals surface area contributed by atoms with Gasteiger partial charge in [0.25, 0.3) is 0 Å². The third-order valence-electron chi connectivity index (χ3n) is 1.92. The Balaban J connectivity index is 3.42. The van der Waals surface area contributed by atoms with E-state index >= 15 is 0 Å². The minimum absolute atomic E-state index is 0.0692. The summed E-state index contributed by atoms with van der Waals surface area (Å²) in [6, 6.07) is 0.356. The van der Waals surface area contributed by atoms with Crippen molar-refractivity contribution in [3.8, 4) is 0 Å². The van der Waals surface area contributed by atoms with Crippen LogP contribution in [0.1, 0.15) is 19.8 Å². The van der Waals surface area contributed by atoms with Crippen molar-refractivity contribution >= 4 is 5.91 Å². The van der Waals surface area contributed by atoms with E-state index in [9.17, 15) is 4.79 Å². The van der Waals surface area contributed by atoms with E-state index in [1.54, 1.807) is 14.2 Å². The molecule has 0 radical (unpaired) electrons. The fourth-order valence-electron chi connectivity index (χ4n) is 1.04. The van der Waals surface area contributed by atoms with Gasteiger partial charge in [0, 0.05) is 33.2 Å². The maximum Gasteiger partial charge on any atom is 0.221 e. The summed E-state index contributed by atoms with van der Waals surface area (Å²) in [4.78, 5) is 10.9. The number of rotatable bonds is 7. The lowest BCUT2D eigenvalue weighted by atomic mass is 10.2. The summed E-state index contributed by atoms with van der Waals surface area (Å²) in [6.07, 6.45) is 1.54. The first kappa shape index (κ1) is 12.4. The molecule has 2 N–H and O–H groups in total. The van der Waals surface area contributed by atoms with Crippen molar-refractivity contribution in [3.63, 3.8) is 0 Å². The van der Waals surface area contributed by atoms with Crippen LogP contribution in [0.25, 0.3) is 0 Å². The largest absolute Gasteiger partial charge is 0.383 e. The van der Waals surface area contributed by atoms with Gasteiger partial charge in [-0.2, -0.15) is 0 Å². The van der Waals surface area contributed by atoms with E-state index in [0.717, 1.165) is 6.42 Å². The fraction of sp³-hybridized carbons (Fsp3) is 0.889. The number of carbonyl (C=O) groups excluding carboxylic acids is 1. The third-order valence-corrected chi connectivity index (χ3v) is 1.92. The van der Waals surface area contributed by atoms with Crippen LogP contribution in [-0.4, -0.2) is 39.3 Å². The molecule has 0 saturated heterocycles. The number of methoxy groups -OCH3 is 1. The quantitative estimate of drug-likeness (QED) is 0.597. The van der Waals surface area contributed by atoms with Gasteiger partial charge in [0.2, 0.25) is 5.91 Å². The molecule has 0 aliphatic carbocycles. The third kappa shape index (κ3) is 6.54. The highest BCUT2D eigenvalue weighted by atomic mass is 16.5. The van der Waals surface area contributed by atoms with Crippen molar-refractivity contribution in [2.45, 2.75) is 25.8 Å². The van der Waals surface area contributed by atoms with Crippen LogP contribution in [0.15, 0.2) is 0 Å². The molecule has 0 aromatic heterocycles. The average molecular weight is 188 g/mol. The Kier molecular flexibility index (Phi) is 7.63. The van der Waals surface area contributed by atoms with Gasteiger partial charge in [-0.15, -0.1) is 0 Å². The maximum atomic E-state index is 10.9. The van der Waals surface area contributed by atoms with Crippen molar-refractivity contribution in [2.75, 3.05) is 27.3 Å². The van der Waals surface area contributed by atoms with Crippen molar-refractivity contribution in [1.82, 2.24) is 10.6 Å². The topological polar surface area (TPSA) is 50.4 Å².